The highest BCUT2D eigenvalue weighted by molar-refractivity contribution is 6.00. The largest absolute Gasteiger partial charge is 0.508 e. The first-order valence-corrected chi connectivity index (χ1v) is 5.82. The normalized spacial score (nSPS) is 18.2. The minimum atomic E-state index is -0.131. The van der Waals surface area contributed by atoms with Crippen LogP contribution in [-0.2, 0) is 0 Å². The van der Waals surface area contributed by atoms with Gasteiger partial charge >= 0.3 is 0 Å². The molecule has 1 aromatic rings. The number of phenolic OH excluding ortho intramolecular Hbond substituents is 2. The molecule has 0 unspecified atom stereocenters. The van der Waals surface area contributed by atoms with Crippen molar-refractivity contribution in [2.24, 2.45) is 5.92 Å². The average molecular weight is 235 g/mol. The number of hydrogen-bond donors (Lipinski definition) is 2. The van der Waals surface area contributed by atoms with E-state index >= 15 is 0 Å². The predicted octanol–water partition coefficient (Wildman–Crippen LogP) is 1.62. The van der Waals surface area contributed by atoms with Crippen molar-refractivity contribution in [2.75, 3.05) is 20.1 Å². The van der Waals surface area contributed by atoms with Gasteiger partial charge in [-0.3, -0.25) is 4.79 Å². The number of nitrogens with zero attached hydrogens (tertiary/aromatic N) is 1. The lowest BCUT2D eigenvalue weighted by atomic mass is 9.88. The molecule has 1 heterocycles. The van der Waals surface area contributed by atoms with Gasteiger partial charge in [0.1, 0.15) is 11.5 Å². The van der Waals surface area contributed by atoms with Gasteiger partial charge in [-0.05, 0) is 45.1 Å². The van der Waals surface area contributed by atoms with Crippen molar-refractivity contribution in [3.63, 3.8) is 0 Å². The zero-order valence-electron chi connectivity index (χ0n) is 9.89. The summed E-state index contributed by atoms with van der Waals surface area (Å²) in [5.41, 5.74) is 0.317. The van der Waals surface area contributed by atoms with Crippen molar-refractivity contribution < 1.29 is 15.0 Å². The lowest BCUT2D eigenvalue weighted by Gasteiger charge is -2.28. The Hall–Kier alpha value is -1.55. The lowest BCUT2D eigenvalue weighted by Crippen LogP contribution is -2.33. The number of ketones is 1. The molecule has 4 nitrogen and oxygen atoms in total. The first-order valence-electron chi connectivity index (χ1n) is 5.82. The van der Waals surface area contributed by atoms with Gasteiger partial charge in [-0.15, -0.1) is 0 Å². The molecule has 2 N–H and O–H groups in total. The number of Topliss-reactive ketones (excluding diaryl/α,β-unsaturated/α-hetero) is 1. The topological polar surface area (TPSA) is 60.8 Å². The van der Waals surface area contributed by atoms with Gasteiger partial charge in [0.05, 0.1) is 5.56 Å². The molecule has 0 radical (unpaired) electrons. The molecule has 0 saturated carbocycles. The molecule has 0 spiro atoms. The Morgan fingerprint density at radius 1 is 1.29 bits per heavy atom. The van der Waals surface area contributed by atoms with Crippen LogP contribution in [0.2, 0.25) is 0 Å². The molecule has 0 atom stereocenters. The van der Waals surface area contributed by atoms with Crippen LogP contribution in [0, 0.1) is 5.92 Å². The van der Waals surface area contributed by atoms with Gasteiger partial charge in [0.15, 0.2) is 5.78 Å². The number of piperidine rings is 1. The number of carbonyl (C=O) groups excluding carboxylic acids is 1. The Bertz CT molecular complexity index is 423. The van der Waals surface area contributed by atoms with Gasteiger partial charge < -0.3 is 15.1 Å². The summed E-state index contributed by atoms with van der Waals surface area (Å²) in [6.45, 7) is 1.82. The summed E-state index contributed by atoms with van der Waals surface area (Å²) < 4.78 is 0. The Labute approximate surface area is 100 Å². The fraction of sp³-hybridized carbons (Fsp3) is 0.462. The number of hydrogen-bond acceptors (Lipinski definition) is 4. The molecule has 0 aliphatic carbocycles. The maximum absolute atomic E-state index is 12.2. The van der Waals surface area contributed by atoms with E-state index in [1.165, 1.54) is 18.2 Å². The van der Waals surface area contributed by atoms with Crippen molar-refractivity contribution in [1.29, 1.82) is 0 Å². The lowest BCUT2D eigenvalue weighted by molar-refractivity contribution is 0.0854. The molecule has 2 rings (SSSR count). The van der Waals surface area contributed by atoms with Crippen molar-refractivity contribution in [3.8, 4) is 11.5 Å². The molecule has 1 aromatic carbocycles. The van der Waals surface area contributed by atoms with Crippen molar-refractivity contribution in [1.82, 2.24) is 4.90 Å². The number of likely N-dealkylation sites (tertiary alicyclic amines) is 1. The zero-order valence-corrected chi connectivity index (χ0v) is 9.89. The molecule has 17 heavy (non-hydrogen) atoms. The molecule has 92 valence electrons. The molecular formula is C13H17NO3. The Morgan fingerprint density at radius 2 is 1.94 bits per heavy atom. The van der Waals surface area contributed by atoms with E-state index in [1.807, 2.05) is 7.05 Å². The summed E-state index contributed by atoms with van der Waals surface area (Å²) in [7, 11) is 2.04. The van der Waals surface area contributed by atoms with Crippen LogP contribution < -0.4 is 0 Å². The molecule has 1 fully saturated rings. The Morgan fingerprint density at radius 3 is 2.53 bits per heavy atom. The molecule has 1 aliphatic heterocycles. The summed E-state index contributed by atoms with van der Waals surface area (Å²) in [6.07, 6.45) is 1.66. The second-order valence-electron chi connectivity index (χ2n) is 4.64. The van der Waals surface area contributed by atoms with E-state index in [0.717, 1.165) is 25.9 Å². The SMILES string of the molecule is CN1CCC(C(=O)c2ccc(O)cc2O)CC1. The van der Waals surface area contributed by atoms with E-state index in [4.69, 9.17) is 0 Å². The van der Waals surface area contributed by atoms with Crippen LogP contribution in [-0.4, -0.2) is 41.0 Å². The predicted molar refractivity (Wildman–Crippen MR) is 64.3 cm³/mol. The second-order valence-corrected chi connectivity index (χ2v) is 4.64. The minimum Gasteiger partial charge on any atom is -0.508 e. The Kier molecular flexibility index (Phi) is 3.33. The number of carbonyl (C=O) groups is 1. The number of phenols is 2. The van der Waals surface area contributed by atoms with Crippen LogP contribution in [0.25, 0.3) is 0 Å². The summed E-state index contributed by atoms with van der Waals surface area (Å²) in [5.74, 6) is -0.186. The fourth-order valence-corrected chi connectivity index (χ4v) is 2.22. The summed E-state index contributed by atoms with van der Waals surface area (Å²) in [5, 5.41) is 18.8. The van der Waals surface area contributed by atoms with Crippen LogP contribution in [0.1, 0.15) is 23.2 Å². The summed E-state index contributed by atoms with van der Waals surface area (Å²) >= 11 is 0. The molecule has 4 heteroatoms. The first kappa shape index (κ1) is 11.9. The van der Waals surface area contributed by atoms with Gasteiger partial charge in [0, 0.05) is 12.0 Å². The summed E-state index contributed by atoms with van der Waals surface area (Å²) in [6, 6.07) is 4.13. The van der Waals surface area contributed by atoms with Crippen LogP contribution in [0.5, 0.6) is 11.5 Å². The fourth-order valence-electron chi connectivity index (χ4n) is 2.22. The highest BCUT2D eigenvalue weighted by Crippen LogP contribution is 2.28. The number of benzene rings is 1. The molecule has 0 bridgehead atoms. The van der Waals surface area contributed by atoms with Crippen LogP contribution in [0.3, 0.4) is 0 Å². The third kappa shape index (κ3) is 2.58. The van der Waals surface area contributed by atoms with Crippen LogP contribution >= 0.6 is 0 Å². The minimum absolute atomic E-state index is 0.0124. The van der Waals surface area contributed by atoms with Crippen molar-refractivity contribution in [2.45, 2.75) is 12.8 Å². The third-order valence-corrected chi connectivity index (χ3v) is 3.34. The summed E-state index contributed by atoms with van der Waals surface area (Å²) in [4.78, 5) is 14.4. The number of rotatable bonds is 2. The van der Waals surface area contributed by atoms with E-state index in [2.05, 4.69) is 4.90 Å². The standard InChI is InChI=1S/C13H17NO3/c1-14-6-4-9(5-7-14)13(17)11-3-2-10(15)8-12(11)16/h2-3,8-9,15-16H,4-7H2,1H3. The number of aromatic hydroxyl groups is 2. The Balaban J connectivity index is 2.14. The van der Waals surface area contributed by atoms with E-state index in [-0.39, 0.29) is 23.2 Å². The van der Waals surface area contributed by atoms with Crippen molar-refractivity contribution >= 4 is 5.78 Å². The zero-order chi connectivity index (χ0) is 12.4. The van der Waals surface area contributed by atoms with Gasteiger partial charge in [-0.25, -0.2) is 0 Å². The van der Waals surface area contributed by atoms with Crippen LogP contribution in [0.4, 0.5) is 0 Å². The van der Waals surface area contributed by atoms with E-state index in [0.29, 0.717) is 5.56 Å². The maximum atomic E-state index is 12.2. The van der Waals surface area contributed by atoms with Gasteiger partial charge in [-0.1, -0.05) is 0 Å². The smallest absolute Gasteiger partial charge is 0.169 e. The van der Waals surface area contributed by atoms with Gasteiger partial charge in [0.2, 0.25) is 0 Å². The molecule has 0 amide bonds. The third-order valence-electron chi connectivity index (χ3n) is 3.34. The van der Waals surface area contributed by atoms with Crippen LogP contribution in [0.15, 0.2) is 18.2 Å². The average Bonchev–Trinajstić information content (AvgIpc) is 2.29. The highest BCUT2D eigenvalue weighted by atomic mass is 16.3. The molecule has 0 aromatic heterocycles. The van der Waals surface area contributed by atoms with E-state index < -0.39 is 0 Å². The quantitative estimate of drug-likeness (QED) is 0.765. The first-order chi connectivity index (χ1) is 8.08. The van der Waals surface area contributed by atoms with E-state index in [1.54, 1.807) is 0 Å². The van der Waals surface area contributed by atoms with Gasteiger partial charge in [-0.2, -0.15) is 0 Å². The van der Waals surface area contributed by atoms with E-state index in [9.17, 15) is 15.0 Å². The highest BCUT2D eigenvalue weighted by Gasteiger charge is 2.26. The van der Waals surface area contributed by atoms with Gasteiger partial charge in [0.25, 0.3) is 0 Å². The molecule has 1 saturated heterocycles. The second kappa shape index (κ2) is 4.75. The molecule has 1 aliphatic rings. The molecular weight excluding hydrogens is 218 g/mol. The monoisotopic (exact) mass is 235 g/mol. The maximum Gasteiger partial charge on any atom is 0.169 e. The van der Waals surface area contributed by atoms with Crippen molar-refractivity contribution in [3.05, 3.63) is 23.8 Å².